The third-order valence-corrected chi connectivity index (χ3v) is 2.61. The van der Waals surface area contributed by atoms with E-state index >= 15 is 0 Å². The van der Waals surface area contributed by atoms with Gasteiger partial charge in [0.1, 0.15) is 11.0 Å². The molecule has 0 atom stereocenters. The van der Waals surface area contributed by atoms with E-state index in [1.54, 1.807) is 0 Å². The van der Waals surface area contributed by atoms with Crippen LogP contribution in [0.3, 0.4) is 0 Å². The first-order valence-corrected chi connectivity index (χ1v) is 5.24. The Kier molecular flexibility index (Phi) is 3.26. The van der Waals surface area contributed by atoms with Crippen molar-refractivity contribution in [3.63, 3.8) is 0 Å². The molecule has 0 N–H and O–H groups in total. The van der Waals surface area contributed by atoms with Crippen molar-refractivity contribution in [1.82, 2.24) is 4.98 Å². The Morgan fingerprint density at radius 2 is 1.83 bits per heavy atom. The number of aromatic nitrogens is 1. The largest absolute Gasteiger partial charge is 0.416 e. The molecule has 1 heterocycles. The highest BCUT2D eigenvalue weighted by Crippen LogP contribution is 2.33. The molecule has 18 heavy (non-hydrogen) atoms. The van der Waals surface area contributed by atoms with Crippen LogP contribution in [0.25, 0.3) is 11.1 Å². The molecular formula is C12H6ClF4N. The smallest absolute Gasteiger partial charge is 0.241 e. The molecule has 0 saturated carbocycles. The molecule has 0 bridgehead atoms. The van der Waals surface area contributed by atoms with Crippen LogP contribution in [0, 0.1) is 5.82 Å². The number of rotatable bonds is 1. The maximum Gasteiger partial charge on any atom is 0.416 e. The van der Waals surface area contributed by atoms with Crippen LogP contribution >= 0.6 is 11.6 Å². The fourth-order valence-corrected chi connectivity index (χ4v) is 1.70. The molecule has 0 unspecified atom stereocenters. The maximum atomic E-state index is 13.0. The fourth-order valence-electron chi connectivity index (χ4n) is 1.49. The molecular weight excluding hydrogens is 270 g/mol. The molecule has 1 aromatic heterocycles. The minimum Gasteiger partial charge on any atom is -0.241 e. The highest BCUT2D eigenvalue weighted by Gasteiger charge is 2.30. The van der Waals surface area contributed by atoms with Gasteiger partial charge in [0.05, 0.1) is 11.8 Å². The van der Waals surface area contributed by atoms with Crippen LogP contribution in [0.5, 0.6) is 0 Å². The van der Waals surface area contributed by atoms with Crippen LogP contribution in [-0.4, -0.2) is 4.98 Å². The number of benzene rings is 1. The summed E-state index contributed by atoms with van der Waals surface area (Å²) in [5.41, 5.74) is -0.523. The highest BCUT2D eigenvalue weighted by molar-refractivity contribution is 6.32. The zero-order chi connectivity index (χ0) is 13.3. The predicted molar refractivity (Wildman–Crippen MR) is 59.6 cm³/mol. The molecule has 0 saturated heterocycles. The summed E-state index contributed by atoms with van der Waals surface area (Å²) >= 11 is 5.74. The lowest BCUT2D eigenvalue weighted by Crippen LogP contribution is -2.04. The average Bonchev–Trinajstić information content (AvgIpc) is 2.31. The normalized spacial score (nSPS) is 11.6. The summed E-state index contributed by atoms with van der Waals surface area (Å²) in [5.74, 6) is -0.660. The van der Waals surface area contributed by atoms with E-state index in [0.29, 0.717) is 0 Å². The minimum absolute atomic E-state index is 0.0456. The number of nitrogens with zero attached hydrogens (tertiary/aromatic N) is 1. The quantitative estimate of drug-likeness (QED) is 0.549. The molecule has 0 radical (unpaired) electrons. The van der Waals surface area contributed by atoms with Crippen LogP contribution in [0.1, 0.15) is 5.56 Å². The van der Waals surface area contributed by atoms with Gasteiger partial charge in [0.25, 0.3) is 0 Å². The summed E-state index contributed by atoms with van der Waals surface area (Å²) in [6.45, 7) is 0. The zero-order valence-corrected chi connectivity index (χ0v) is 9.56. The highest BCUT2D eigenvalue weighted by atomic mass is 35.5. The van der Waals surface area contributed by atoms with Gasteiger partial charge in [-0.3, -0.25) is 0 Å². The number of halogens is 5. The van der Waals surface area contributed by atoms with Gasteiger partial charge in [-0.25, -0.2) is 9.37 Å². The summed E-state index contributed by atoms with van der Waals surface area (Å²) in [6.07, 6.45) is -3.55. The van der Waals surface area contributed by atoms with Gasteiger partial charge in [0, 0.05) is 5.56 Å². The van der Waals surface area contributed by atoms with E-state index in [9.17, 15) is 17.6 Å². The van der Waals surface area contributed by atoms with E-state index in [4.69, 9.17) is 11.6 Å². The van der Waals surface area contributed by atoms with Crippen molar-refractivity contribution < 1.29 is 17.6 Å². The summed E-state index contributed by atoms with van der Waals surface area (Å²) in [5, 5.41) is -0.0456. The Morgan fingerprint density at radius 1 is 1.11 bits per heavy atom. The minimum atomic E-state index is -4.46. The molecule has 0 fully saturated rings. The molecule has 1 aromatic carbocycles. The third-order valence-electron chi connectivity index (χ3n) is 2.31. The van der Waals surface area contributed by atoms with Crippen LogP contribution in [0.15, 0.2) is 36.5 Å². The molecule has 0 aliphatic carbocycles. The van der Waals surface area contributed by atoms with Crippen LogP contribution in [0.2, 0.25) is 5.15 Å². The van der Waals surface area contributed by atoms with Gasteiger partial charge in [-0.05, 0) is 23.8 Å². The molecule has 6 heteroatoms. The van der Waals surface area contributed by atoms with E-state index < -0.39 is 17.6 Å². The molecule has 0 aliphatic rings. The Morgan fingerprint density at radius 3 is 2.50 bits per heavy atom. The summed E-state index contributed by atoms with van der Waals surface area (Å²) in [6, 6.07) is 5.54. The Hall–Kier alpha value is -1.62. The van der Waals surface area contributed by atoms with E-state index in [0.717, 1.165) is 24.4 Å². The summed E-state index contributed by atoms with van der Waals surface area (Å²) in [4.78, 5) is 3.56. The van der Waals surface area contributed by atoms with E-state index in [-0.39, 0.29) is 16.3 Å². The van der Waals surface area contributed by atoms with Gasteiger partial charge in [0.15, 0.2) is 0 Å². The number of hydrogen-bond acceptors (Lipinski definition) is 1. The zero-order valence-electron chi connectivity index (χ0n) is 8.80. The third kappa shape index (κ3) is 2.61. The Balaban J connectivity index is 2.55. The first-order valence-electron chi connectivity index (χ1n) is 4.86. The first-order chi connectivity index (χ1) is 8.38. The summed E-state index contributed by atoms with van der Waals surface area (Å²) < 4.78 is 50.6. The monoisotopic (exact) mass is 275 g/mol. The molecule has 0 aliphatic heterocycles. The first kappa shape index (κ1) is 12.8. The molecule has 1 nitrogen and oxygen atoms in total. The lowest BCUT2D eigenvalue weighted by Gasteiger charge is -2.09. The maximum absolute atomic E-state index is 13.0. The van der Waals surface area contributed by atoms with Crippen molar-refractivity contribution in [3.05, 3.63) is 53.1 Å². The van der Waals surface area contributed by atoms with Gasteiger partial charge in [-0.15, -0.1) is 0 Å². The molecule has 94 valence electrons. The standard InChI is InChI=1S/C12H6ClF4N/c13-11-10(5-9(14)6-18-11)7-2-1-3-8(4-7)12(15,16)17/h1-6H. The molecule has 0 amide bonds. The van der Waals surface area contributed by atoms with E-state index in [1.807, 2.05) is 0 Å². The second-order valence-electron chi connectivity index (χ2n) is 3.57. The van der Waals surface area contributed by atoms with Gasteiger partial charge in [-0.2, -0.15) is 13.2 Å². The van der Waals surface area contributed by atoms with Gasteiger partial charge in [-0.1, -0.05) is 23.7 Å². The van der Waals surface area contributed by atoms with Crippen molar-refractivity contribution in [2.45, 2.75) is 6.18 Å². The van der Waals surface area contributed by atoms with Crippen LogP contribution < -0.4 is 0 Å². The second kappa shape index (κ2) is 4.57. The lowest BCUT2D eigenvalue weighted by molar-refractivity contribution is -0.137. The lowest BCUT2D eigenvalue weighted by atomic mass is 10.0. The van der Waals surface area contributed by atoms with E-state index in [1.165, 1.54) is 12.1 Å². The molecule has 2 aromatic rings. The van der Waals surface area contributed by atoms with Crippen molar-refractivity contribution in [1.29, 1.82) is 0 Å². The van der Waals surface area contributed by atoms with Crippen molar-refractivity contribution >= 4 is 11.6 Å². The van der Waals surface area contributed by atoms with Crippen molar-refractivity contribution in [3.8, 4) is 11.1 Å². The number of alkyl halides is 3. The average molecular weight is 276 g/mol. The summed E-state index contributed by atoms with van der Waals surface area (Å²) in [7, 11) is 0. The van der Waals surface area contributed by atoms with Crippen molar-refractivity contribution in [2.24, 2.45) is 0 Å². The molecule has 0 spiro atoms. The van der Waals surface area contributed by atoms with Crippen molar-refractivity contribution in [2.75, 3.05) is 0 Å². The van der Waals surface area contributed by atoms with Crippen LogP contribution in [-0.2, 0) is 6.18 Å². The van der Waals surface area contributed by atoms with Gasteiger partial charge >= 0.3 is 6.18 Å². The predicted octanol–water partition coefficient (Wildman–Crippen LogP) is 4.56. The fraction of sp³-hybridized carbons (Fsp3) is 0.0833. The molecule has 2 rings (SSSR count). The Labute approximate surface area is 105 Å². The topological polar surface area (TPSA) is 12.9 Å². The Bertz CT molecular complexity index is 581. The number of hydrogen-bond donors (Lipinski definition) is 0. The SMILES string of the molecule is Fc1cnc(Cl)c(-c2cccc(C(F)(F)F)c2)c1. The van der Waals surface area contributed by atoms with E-state index in [2.05, 4.69) is 4.98 Å². The van der Waals surface area contributed by atoms with Gasteiger partial charge < -0.3 is 0 Å². The van der Waals surface area contributed by atoms with Crippen LogP contribution in [0.4, 0.5) is 17.6 Å². The number of pyridine rings is 1. The van der Waals surface area contributed by atoms with Gasteiger partial charge in [0.2, 0.25) is 0 Å². The second-order valence-corrected chi connectivity index (χ2v) is 3.93.